The van der Waals surface area contributed by atoms with Gasteiger partial charge in [0.1, 0.15) is 0 Å². The SMILES string of the molecule is c1ccc(CCCCN2CCCNC3(CCCC3)C2)cc1. The highest BCUT2D eigenvalue weighted by Crippen LogP contribution is 2.31. The lowest BCUT2D eigenvalue weighted by Crippen LogP contribution is -2.49. The van der Waals surface area contributed by atoms with Gasteiger partial charge < -0.3 is 10.2 Å². The molecule has 1 aromatic rings. The number of nitrogens with one attached hydrogen (secondary N) is 1. The maximum Gasteiger partial charge on any atom is 0.0308 e. The second kappa shape index (κ2) is 7.42. The molecule has 0 bridgehead atoms. The Labute approximate surface area is 129 Å². The quantitative estimate of drug-likeness (QED) is 0.832. The van der Waals surface area contributed by atoms with Gasteiger partial charge in [-0.1, -0.05) is 43.2 Å². The van der Waals surface area contributed by atoms with Crippen LogP contribution >= 0.6 is 0 Å². The standard InChI is InChI=1S/C19H30N2/c1-2-9-18(10-3-1)11-4-7-15-21-16-8-14-20-19(17-21)12-5-6-13-19/h1-3,9-10,20H,4-8,11-17H2. The Kier molecular flexibility index (Phi) is 5.32. The predicted molar refractivity (Wildman–Crippen MR) is 89.6 cm³/mol. The van der Waals surface area contributed by atoms with Crippen LogP contribution in [-0.4, -0.2) is 36.6 Å². The Morgan fingerprint density at radius 1 is 1.00 bits per heavy atom. The number of benzene rings is 1. The molecule has 1 N–H and O–H groups in total. The molecule has 1 saturated carbocycles. The van der Waals surface area contributed by atoms with Crippen LogP contribution in [0, 0.1) is 0 Å². The van der Waals surface area contributed by atoms with Gasteiger partial charge in [0, 0.05) is 12.1 Å². The smallest absolute Gasteiger partial charge is 0.0308 e. The Bertz CT molecular complexity index is 409. The summed E-state index contributed by atoms with van der Waals surface area (Å²) in [7, 11) is 0. The molecule has 2 heteroatoms. The first-order valence-corrected chi connectivity index (χ1v) is 8.88. The molecule has 0 unspecified atom stereocenters. The summed E-state index contributed by atoms with van der Waals surface area (Å²) < 4.78 is 0. The van der Waals surface area contributed by atoms with Gasteiger partial charge in [-0.2, -0.15) is 0 Å². The van der Waals surface area contributed by atoms with Gasteiger partial charge in [-0.15, -0.1) is 0 Å². The summed E-state index contributed by atoms with van der Waals surface area (Å²) in [4.78, 5) is 2.73. The average molecular weight is 286 g/mol. The Morgan fingerprint density at radius 2 is 1.81 bits per heavy atom. The molecule has 1 aromatic carbocycles. The van der Waals surface area contributed by atoms with Crippen molar-refractivity contribution in [1.29, 1.82) is 0 Å². The maximum absolute atomic E-state index is 3.86. The molecule has 2 aliphatic rings. The first-order valence-electron chi connectivity index (χ1n) is 8.88. The molecule has 2 nitrogen and oxygen atoms in total. The van der Waals surface area contributed by atoms with Gasteiger partial charge in [-0.25, -0.2) is 0 Å². The molecular formula is C19H30N2. The number of hydrogen-bond donors (Lipinski definition) is 1. The van der Waals surface area contributed by atoms with E-state index < -0.39 is 0 Å². The fraction of sp³-hybridized carbons (Fsp3) is 0.684. The Morgan fingerprint density at radius 3 is 2.62 bits per heavy atom. The van der Waals surface area contributed by atoms with Crippen LogP contribution in [0.4, 0.5) is 0 Å². The van der Waals surface area contributed by atoms with Gasteiger partial charge in [-0.05, 0) is 63.7 Å². The van der Waals surface area contributed by atoms with Crippen LogP contribution in [-0.2, 0) is 6.42 Å². The topological polar surface area (TPSA) is 15.3 Å². The van der Waals surface area contributed by atoms with E-state index in [0.29, 0.717) is 5.54 Å². The number of unbranched alkanes of at least 4 members (excludes halogenated alkanes) is 1. The minimum absolute atomic E-state index is 0.468. The van der Waals surface area contributed by atoms with Gasteiger partial charge in [0.15, 0.2) is 0 Å². The van der Waals surface area contributed by atoms with Crippen molar-refractivity contribution >= 4 is 0 Å². The van der Waals surface area contributed by atoms with Gasteiger partial charge >= 0.3 is 0 Å². The summed E-state index contributed by atoms with van der Waals surface area (Å²) >= 11 is 0. The zero-order valence-corrected chi connectivity index (χ0v) is 13.3. The van der Waals surface area contributed by atoms with Crippen molar-refractivity contribution in [2.75, 3.05) is 26.2 Å². The summed E-state index contributed by atoms with van der Waals surface area (Å²) in [5.74, 6) is 0. The number of rotatable bonds is 5. The van der Waals surface area contributed by atoms with Crippen molar-refractivity contribution < 1.29 is 0 Å². The van der Waals surface area contributed by atoms with Crippen LogP contribution in [0.25, 0.3) is 0 Å². The lowest BCUT2D eigenvalue weighted by molar-refractivity contribution is 0.207. The fourth-order valence-electron chi connectivity index (χ4n) is 4.11. The number of nitrogens with zero attached hydrogens (tertiary/aromatic N) is 1. The van der Waals surface area contributed by atoms with Crippen LogP contribution in [0.2, 0.25) is 0 Å². The molecule has 1 saturated heterocycles. The van der Waals surface area contributed by atoms with E-state index in [1.165, 1.54) is 83.1 Å². The van der Waals surface area contributed by atoms with E-state index >= 15 is 0 Å². The highest BCUT2D eigenvalue weighted by atomic mass is 15.2. The molecule has 0 aromatic heterocycles. The third-order valence-corrected chi connectivity index (χ3v) is 5.27. The van der Waals surface area contributed by atoms with Crippen molar-refractivity contribution in [2.24, 2.45) is 0 Å². The van der Waals surface area contributed by atoms with Crippen molar-refractivity contribution in [3.8, 4) is 0 Å². The van der Waals surface area contributed by atoms with Gasteiger partial charge in [0.05, 0.1) is 0 Å². The second-order valence-electron chi connectivity index (χ2n) is 6.99. The van der Waals surface area contributed by atoms with Crippen LogP contribution in [0.15, 0.2) is 30.3 Å². The van der Waals surface area contributed by atoms with Crippen molar-refractivity contribution in [3.05, 3.63) is 35.9 Å². The number of aryl methyl sites for hydroxylation is 1. The summed E-state index contributed by atoms with van der Waals surface area (Å²) in [6.45, 7) is 5.09. The second-order valence-corrected chi connectivity index (χ2v) is 6.99. The zero-order chi connectivity index (χ0) is 14.4. The van der Waals surface area contributed by atoms with E-state index in [-0.39, 0.29) is 0 Å². The molecule has 116 valence electrons. The number of hydrogen-bond acceptors (Lipinski definition) is 2. The average Bonchev–Trinajstić information content (AvgIpc) is 2.87. The van der Waals surface area contributed by atoms with Crippen LogP contribution in [0.5, 0.6) is 0 Å². The molecule has 1 aliphatic heterocycles. The monoisotopic (exact) mass is 286 g/mol. The first-order chi connectivity index (χ1) is 10.4. The third-order valence-electron chi connectivity index (χ3n) is 5.27. The summed E-state index contributed by atoms with van der Waals surface area (Å²) in [5, 5.41) is 3.86. The van der Waals surface area contributed by atoms with E-state index in [2.05, 4.69) is 40.5 Å². The Hall–Kier alpha value is -0.860. The lowest BCUT2D eigenvalue weighted by atomic mass is 9.97. The third kappa shape index (κ3) is 4.31. The first kappa shape index (κ1) is 15.1. The minimum Gasteiger partial charge on any atom is -0.310 e. The molecule has 0 amide bonds. The van der Waals surface area contributed by atoms with E-state index in [9.17, 15) is 0 Å². The highest BCUT2D eigenvalue weighted by molar-refractivity contribution is 5.14. The van der Waals surface area contributed by atoms with Gasteiger partial charge in [0.25, 0.3) is 0 Å². The van der Waals surface area contributed by atoms with Crippen LogP contribution in [0.3, 0.4) is 0 Å². The van der Waals surface area contributed by atoms with Crippen LogP contribution < -0.4 is 5.32 Å². The van der Waals surface area contributed by atoms with Crippen molar-refractivity contribution in [2.45, 2.75) is 56.9 Å². The van der Waals surface area contributed by atoms with E-state index in [4.69, 9.17) is 0 Å². The molecule has 1 spiro atoms. The highest BCUT2D eigenvalue weighted by Gasteiger charge is 2.35. The molecule has 1 aliphatic carbocycles. The largest absolute Gasteiger partial charge is 0.310 e. The van der Waals surface area contributed by atoms with Crippen LogP contribution in [0.1, 0.15) is 50.5 Å². The fourth-order valence-corrected chi connectivity index (χ4v) is 4.11. The summed E-state index contributed by atoms with van der Waals surface area (Å²) in [6, 6.07) is 10.9. The van der Waals surface area contributed by atoms with E-state index in [1.54, 1.807) is 0 Å². The van der Waals surface area contributed by atoms with Gasteiger partial charge in [-0.3, -0.25) is 0 Å². The van der Waals surface area contributed by atoms with E-state index in [1.807, 2.05) is 0 Å². The zero-order valence-electron chi connectivity index (χ0n) is 13.3. The lowest BCUT2D eigenvalue weighted by Gasteiger charge is -2.33. The van der Waals surface area contributed by atoms with Crippen molar-refractivity contribution in [3.63, 3.8) is 0 Å². The molecule has 0 atom stereocenters. The normalized spacial score (nSPS) is 22.5. The molecular weight excluding hydrogens is 256 g/mol. The molecule has 1 heterocycles. The predicted octanol–water partition coefficient (Wildman–Crippen LogP) is 3.62. The molecule has 21 heavy (non-hydrogen) atoms. The van der Waals surface area contributed by atoms with Gasteiger partial charge in [0.2, 0.25) is 0 Å². The molecule has 3 rings (SSSR count). The van der Waals surface area contributed by atoms with E-state index in [0.717, 1.165) is 0 Å². The molecule has 0 radical (unpaired) electrons. The summed E-state index contributed by atoms with van der Waals surface area (Å²) in [5.41, 5.74) is 1.96. The summed E-state index contributed by atoms with van der Waals surface area (Å²) in [6.07, 6.45) is 10.9. The maximum atomic E-state index is 3.86. The minimum atomic E-state index is 0.468. The Balaban J connectivity index is 1.42. The van der Waals surface area contributed by atoms with Crippen molar-refractivity contribution in [1.82, 2.24) is 10.2 Å². The molecule has 2 fully saturated rings.